The van der Waals surface area contributed by atoms with E-state index in [1.54, 1.807) is 18.3 Å². The van der Waals surface area contributed by atoms with Crippen LogP contribution in [0.1, 0.15) is 18.7 Å². The average Bonchev–Trinajstić information content (AvgIpc) is 2.42. The fourth-order valence-corrected chi connectivity index (χ4v) is 1.81. The van der Waals surface area contributed by atoms with Gasteiger partial charge in [0, 0.05) is 6.20 Å². The third-order valence-corrected chi connectivity index (χ3v) is 2.93. The SMILES string of the molecule is C[C@@H](NC(=O)Nc1ccccc1Cl)c1ccccn1. The van der Waals surface area contributed by atoms with Gasteiger partial charge in [-0.15, -0.1) is 0 Å². The number of nitrogens with one attached hydrogen (secondary N) is 2. The molecule has 98 valence electrons. The summed E-state index contributed by atoms with van der Waals surface area (Å²) in [5.74, 6) is 0. The molecule has 1 aromatic heterocycles. The maximum atomic E-state index is 11.8. The van der Waals surface area contributed by atoms with E-state index in [9.17, 15) is 4.79 Å². The maximum Gasteiger partial charge on any atom is 0.319 e. The number of carbonyl (C=O) groups excluding carboxylic acids is 1. The van der Waals surface area contributed by atoms with Gasteiger partial charge in [-0.2, -0.15) is 0 Å². The third kappa shape index (κ3) is 3.69. The number of anilines is 1. The Morgan fingerprint density at radius 3 is 2.63 bits per heavy atom. The van der Waals surface area contributed by atoms with Crippen LogP contribution in [0.15, 0.2) is 48.7 Å². The summed E-state index contributed by atoms with van der Waals surface area (Å²) >= 11 is 5.97. The molecular formula is C14H14ClN3O. The summed E-state index contributed by atoms with van der Waals surface area (Å²) in [6.45, 7) is 1.87. The number of urea groups is 1. The van der Waals surface area contributed by atoms with Crippen molar-refractivity contribution in [3.63, 3.8) is 0 Å². The fourth-order valence-electron chi connectivity index (χ4n) is 1.62. The number of para-hydroxylation sites is 1. The molecule has 2 N–H and O–H groups in total. The van der Waals surface area contributed by atoms with Crippen molar-refractivity contribution < 1.29 is 4.79 Å². The highest BCUT2D eigenvalue weighted by Crippen LogP contribution is 2.20. The molecule has 0 saturated heterocycles. The predicted molar refractivity (Wildman–Crippen MR) is 76.3 cm³/mol. The lowest BCUT2D eigenvalue weighted by atomic mass is 10.2. The number of hydrogen-bond acceptors (Lipinski definition) is 2. The number of nitrogens with zero attached hydrogens (tertiary/aromatic N) is 1. The third-order valence-electron chi connectivity index (χ3n) is 2.60. The number of hydrogen-bond donors (Lipinski definition) is 2. The fraction of sp³-hybridized carbons (Fsp3) is 0.143. The van der Waals surface area contributed by atoms with Gasteiger partial charge in [0.05, 0.1) is 22.4 Å². The zero-order valence-electron chi connectivity index (χ0n) is 10.4. The summed E-state index contributed by atoms with van der Waals surface area (Å²) in [4.78, 5) is 16.0. The summed E-state index contributed by atoms with van der Waals surface area (Å²) in [6, 6.07) is 12.2. The maximum absolute atomic E-state index is 11.8. The summed E-state index contributed by atoms with van der Waals surface area (Å²) in [5, 5.41) is 6.00. The van der Waals surface area contributed by atoms with E-state index >= 15 is 0 Å². The highest BCUT2D eigenvalue weighted by molar-refractivity contribution is 6.33. The Morgan fingerprint density at radius 1 is 1.21 bits per heavy atom. The molecule has 0 saturated carbocycles. The number of carbonyl (C=O) groups is 1. The van der Waals surface area contributed by atoms with Gasteiger partial charge < -0.3 is 10.6 Å². The minimum absolute atomic E-state index is 0.177. The molecule has 0 spiro atoms. The molecule has 1 aromatic carbocycles. The van der Waals surface area contributed by atoms with Crippen LogP contribution >= 0.6 is 11.6 Å². The monoisotopic (exact) mass is 275 g/mol. The van der Waals surface area contributed by atoms with E-state index in [2.05, 4.69) is 15.6 Å². The Morgan fingerprint density at radius 2 is 1.95 bits per heavy atom. The molecule has 2 amide bonds. The molecule has 0 fully saturated rings. The second kappa shape index (κ2) is 6.20. The first kappa shape index (κ1) is 13.4. The zero-order chi connectivity index (χ0) is 13.7. The number of benzene rings is 1. The number of halogens is 1. The van der Waals surface area contributed by atoms with Crippen molar-refractivity contribution in [3.05, 3.63) is 59.4 Å². The van der Waals surface area contributed by atoms with Gasteiger partial charge >= 0.3 is 6.03 Å². The predicted octanol–water partition coefficient (Wildman–Crippen LogP) is 3.62. The molecule has 0 aliphatic carbocycles. The van der Waals surface area contributed by atoms with E-state index in [1.807, 2.05) is 37.3 Å². The lowest BCUT2D eigenvalue weighted by molar-refractivity contribution is 0.249. The van der Waals surface area contributed by atoms with Crippen LogP contribution < -0.4 is 10.6 Å². The van der Waals surface area contributed by atoms with Crippen molar-refractivity contribution in [1.29, 1.82) is 0 Å². The van der Waals surface area contributed by atoms with Crippen LogP contribution in [0.2, 0.25) is 5.02 Å². The standard InChI is InChI=1S/C14H14ClN3O/c1-10(12-7-4-5-9-16-12)17-14(19)18-13-8-3-2-6-11(13)15/h2-10H,1H3,(H2,17,18,19)/t10-/m1/s1. The Labute approximate surface area is 116 Å². The number of amides is 2. The van der Waals surface area contributed by atoms with Crippen LogP contribution in [0.3, 0.4) is 0 Å². The normalized spacial score (nSPS) is 11.7. The Kier molecular flexibility index (Phi) is 4.36. The average molecular weight is 276 g/mol. The molecule has 0 aliphatic rings. The largest absolute Gasteiger partial charge is 0.330 e. The highest BCUT2D eigenvalue weighted by atomic mass is 35.5. The van der Waals surface area contributed by atoms with E-state index in [1.165, 1.54) is 0 Å². The zero-order valence-corrected chi connectivity index (χ0v) is 11.2. The molecule has 5 heteroatoms. The molecular weight excluding hydrogens is 262 g/mol. The van der Waals surface area contributed by atoms with Gasteiger partial charge in [0.2, 0.25) is 0 Å². The second-order valence-corrected chi connectivity index (χ2v) is 4.46. The molecule has 1 atom stereocenters. The lowest BCUT2D eigenvalue weighted by Crippen LogP contribution is -2.31. The molecule has 0 aliphatic heterocycles. The first-order chi connectivity index (χ1) is 9.16. The smallest absolute Gasteiger partial charge is 0.319 e. The summed E-state index contributed by atoms with van der Waals surface area (Å²) < 4.78 is 0. The first-order valence-corrected chi connectivity index (χ1v) is 6.27. The minimum Gasteiger partial charge on any atom is -0.330 e. The van der Waals surface area contributed by atoms with Crippen molar-refractivity contribution in [2.24, 2.45) is 0 Å². The van der Waals surface area contributed by atoms with Gasteiger partial charge in [-0.05, 0) is 31.2 Å². The van der Waals surface area contributed by atoms with E-state index in [-0.39, 0.29) is 12.1 Å². The second-order valence-electron chi connectivity index (χ2n) is 4.05. The summed E-state index contributed by atoms with van der Waals surface area (Å²) in [6.07, 6.45) is 1.69. The molecule has 19 heavy (non-hydrogen) atoms. The molecule has 4 nitrogen and oxygen atoms in total. The Hall–Kier alpha value is -2.07. The summed E-state index contributed by atoms with van der Waals surface area (Å²) in [5.41, 5.74) is 1.38. The topological polar surface area (TPSA) is 54.0 Å². The van der Waals surface area contributed by atoms with Crippen LogP contribution in [0, 0.1) is 0 Å². The molecule has 2 rings (SSSR count). The van der Waals surface area contributed by atoms with E-state index < -0.39 is 0 Å². The van der Waals surface area contributed by atoms with Gasteiger partial charge in [0.1, 0.15) is 0 Å². The van der Waals surface area contributed by atoms with Crippen molar-refractivity contribution in [1.82, 2.24) is 10.3 Å². The molecule has 0 unspecified atom stereocenters. The first-order valence-electron chi connectivity index (χ1n) is 5.90. The van der Waals surface area contributed by atoms with Crippen LogP contribution in [-0.4, -0.2) is 11.0 Å². The molecule has 1 heterocycles. The van der Waals surface area contributed by atoms with Crippen LogP contribution in [0.5, 0.6) is 0 Å². The van der Waals surface area contributed by atoms with Gasteiger partial charge in [0.25, 0.3) is 0 Å². The van der Waals surface area contributed by atoms with Gasteiger partial charge in [-0.3, -0.25) is 4.98 Å². The van der Waals surface area contributed by atoms with Crippen LogP contribution in [0.4, 0.5) is 10.5 Å². The van der Waals surface area contributed by atoms with Gasteiger partial charge in [-0.25, -0.2) is 4.79 Å². The van der Waals surface area contributed by atoms with Gasteiger partial charge in [-0.1, -0.05) is 29.8 Å². The van der Waals surface area contributed by atoms with Crippen molar-refractivity contribution in [2.45, 2.75) is 13.0 Å². The van der Waals surface area contributed by atoms with E-state index in [4.69, 9.17) is 11.6 Å². The van der Waals surface area contributed by atoms with Crippen molar-refractivity contribution >= 4 is 23.3 Å². The van der Waals surface area contributed by atoms with E-state index in [0.29, 0.717) is 10.7 Å². The van der Waals surface area contributed by atoms with Crippen LogP contribution in [-0.2, 0) is 0 Å². The van der Waals surface area contributed by atoms with Crippen molar-refractivity contribution in [3.8, 4) is 0 Å². The minimum atomic E-state index is -0.314. The Balaban J connectivity index is 1.97. The number of pyridine rings is 1. The van der Waals surface area contributed by atoms with E-state index in [0.717, 1.165) is 5.69 Å². The number of aromatic nitrogens is 1. The quantitative estimate of drug-likeness (QED) is 0.899. The van der Waals surface area contributed by atoms with Gasteiger partial charge in [0.15, 0.2) is 0 Å². The molecule has 2 aromatic rings. The Bertz CT molecular complexity index is 560. The molecule has 0 bridgehead atoms. The lowest BCUT2D eigenvalue weighted by Gasteiger charge is -2.14. The van der Waals surface area contributed by atoms with Crippen molar-refractivity contribution in [2.75, 3.05) is 5.32 Å². The number of rotatable bonds is 3. The summed E-state index contributed by atoms with van der Waals surface area (Å²) in [7, 11) is 0. The highest BCUT2D eigenvalue weighted by Gasteiger charge is 2.11. The van der Waals surface area contributed by atoms with Crippen LogP contribution in [0.25, 0.3) is 0 Å². The molecule has 0 radical (unpaired) electrons.